The summed E-state index contributed by atoms with van der Waals surface area (Å²) in [4.78, 5) is 0. The lowest BCUT2D eigenvalue weighted by molar-refractivity contribution is 0.601. The minimum atomic E-state index is -0.214. The first-order valence-electron chi connectivity index (χ1n) is 5.12. The van der Waals surface area contributed by atoms with E-state index in [0.29, 0.717) is 16.7 Å². The van der Waals surface area contributed by atoms with Gasteiger partial charge in [-0.05, 0) is 41.2 Å². The summed E-state index contributed by atoms with van der Waals surface area (Å²) in [6, 6.07) is 4.98. The quantitative estimate of drug-likeness (QED) is 0.944. The zero-order valence-corrected chi connectivity index (χ0v) is 11.1. The van der Waals surface area contributed by atoms with Gasteiger partial charge in [-0.2, -0.15) is 0 Å². The van der Waals surface area contributed by atoms with E-state index in [9.17, 15) is 4.39 Å². The summed E-state index contributed by atoms with van der Waals surface area (Å²) >= 11 is 3.33. The molecule has 0 unspecified atom stereocenters. The second-order valence-corrected chi connectivity index (χ2v) is 4.44. The van der Waals surface area contributed by atoms with Crippen LogP contribution < -0.4 is 5.32 Å². The Morgan fingerprint density at radius 3 is 2.82 bits per heavy atom. The van der Waals surface area contributed by atoms with Crippen LogP contribution in [0.15, 0.2) is 22.8 Å². The van der Waals surface area contributed by atoms with E-state index in [0.717, 1.165) is 11.3 Å². The molecule has 2 aromatic rings. The number of aryl methyl sites for hydroxylation is 1. The van der Waals surface area contributed by atoms with Gasteiger partial charge in [-0.3, -0.25) is 0 Å². The zero-order chi connectivity index (χ0) is 12.4. The number of hydrogen-bond acceptors (Lipinski definition) is 3. The fourth-order valence-corrected chi connectivity index (χ4v) is 2.24. The number of rotatable bonds is 3. The van der Waals surface area contributed by atoms with Crippen LogP contribution in [-0.4, -0.2) is 22.0 Å². The SMILES string of the molecule is CNCc1cc(-c2c(Br)nnn2C)ccc1F. The van der Waals surface area contributed by atoms with Crippen LogP contribution in [0.2, 0.25) is 0 Å². The molecule has 1 aromatic carbocycles. The molecule has 0 atom stereocenters. The fraction of sp³-hybridized carbons (Fsp3) is 0.273. The van der Waals surface area contributed by atoms with E-state index >= 15 is 0 Å². The van der Waals surface area contributed by atoms with Crippen LogP contribution in [0, 0.1) is 5.82 Å². The minimum absolute atomic E-state index is 0.214. The summed E-state index contributed by atoms with van der Waals surface area (Å²) in [5.74, 6) is -0.214. The van der Waals surface area contributed by atoms with Gasteiger partial charge in [0.15, 0.2) is 4.60 Å². The fourth-order valence-electron chi connectivity index (χ4n) is 1.69. The molecule has 1 N–H and O–H groups in total. The molecule has 17 heavy (non-hydrogen) atoms. The summed E-state index contributed by atoms with van der Waals surface area (Å²) in [6.07, 6.45) is 0. The maximum atomic E-state index is 13.5. The van der Waals surface area contributed by atoms with Crippen LogP contribution in [0.3, 0.4) is 0 Å². The topological polar surface area (TPSA) is 42.7 Å². The largest absolute Gasteiger partial charge is 0.316 e. The van der Waals surface area contributed by atoms with Crippen LogP contribution in [0.1, 0.15) is 5.56 Å². The first-order chi connectivity index (χ1) is 8.13. The van der Waals surface area contributed by atoms with Crippen LogP contribution in [0.5, 0.6) is 0 Å². The molecule has 4 nitrogen and oxygen atoms in total. The van der Waals surface area contributed by atoms with Gasteiger partial charge in [-0.25, -0.2) is 9.07 Å². The highest BCUT2D eigenvalue weighted by molar-refractivity contribution is 9.10. The van der Waals surface area contributed by atoms with Gasteiger partial charge in [-0.1, -0.05) is 5.21 Å². The van der Waals surface area contributed by atoms with E-state index in [2.05, 4.69) is 31.6 Å². The highest BCUT2D eigenvalue weighted by Gasteiger charge is 2.12. The molecule has 0 aliphatic carbocycles. The molecule has 0 fully saturated rings. The third-order valence-corrected chi connectivity index (χ3v) is 3.01. The van der Waals surface area contributed by atoms with Gasteiger partial charge < -0.3 is 5.32 Å². The van der Waals surface area contributed by atoms with Gasteiger partial charge in [0.25, 0.3) is 0 Å². The summed E-state index contributed by atoms with van der Waals surface area (Å²) in [5.41, 5.74) is 2.34. The van der Waals surface area contributed by atoms with Gasteiger partial charge in [0.05, 0.1) is 0 Å². The van der Waals surface area contributed by atoms with Crippen molar-refractivity contribution >= 4 is 15.9 Å². The molecule has 0 radical (unpaired) electrons. The van der Waals surface area contributed by atoms with Crippen molar-refractivity contribution < 1.29 is 4.39 Å². The highest BCUT2D eigenvalue weighted by Crippen LogP contribution is 2.27. The molecule has 1 aromatic heterocycles. The highest BCUT2D eigenvalue weighted by atomic mass is 79.9. The Bertz CT molecular complexity index is 519. The molecule has 0 saturated carbocycles. The lowest BCUT2D eigenvalue weighted by atomic mass is 10.1. The second-order valence-electron chi connectivity index (χ2n) is 3.69. The second kappa shape index (κ2) is 4.93. The molecule has 0 amide bonds. The number of benzene rings is 1. The van der Waals surface area contributed by atoms with Crippen molar-refractivity contribution in [3.05, 3.63) is 34.2 Å². The standard InChI is InChI=1S/C11H12BrFN4/c1-14-6-8-5-7(3-4-9(8)13)10-11(12)15-16-17(10)2/h3-5,14H,6H2,1-2H3. The summed E-state index contributed by atoms with van der Waals surface area (Å²) in [6.45, 7) is 0.489. The number of aromatic nitrogens is 3. The predicted octanol–water partition coefficient (Wildman–Crippen LogP) is 2.10. The zero-order valence-electron chi connectivity index (χ0n) is 9.54. The van der Waals surface area contributed by atoms with Crippen molar-refractivity contribution in [3.8, 4) is 11.3 Å². The third kappa shape index (κ3) is 2.37. The summed E-state index contributed by atoms with van der Waals surface area (Å²) in [7, 11) is 3.59. The number of nitrogens with zero attached hydrogens (tertiary/aromatic N) is 3. The van der Waals surface area contributed by atoms with E-state index in [1.165, 1.54) is 6.07 Å². The maximum absolute atomic E-state index is 13.5. The van der Waals surface area contributed by atoms with E-state index in [1.807, 2.05) is 0 Å². The Balaban J connectivity index is 2.50. The van der Waals surface area contributed by atoms with Gasteiger partial charge in [0.2, 0.25) is 0 Å². The Kier molecular flexibility index (Phi) is 3.54. The molecule has 0 bridgehead atoms. The summed E-state index contributed by atoms with van der Waals surface area (Å²) < 4.78 is 15.8. The van der Waals surface area contributed by atoms with Crippen LogP contribution in [0.25, 0.3) is 11.3 Å². The number of nitrogens with one attached hydrogen (secondary N) is 1. The van der Waals surface area contributed by atoms with Gasteiger partial charge >= 0.3 is 0 Å². The Morgan fingerprint density at radius 1 is 1.47 bits per heavy atom. The van der Waals surface area contributed by atoms with Crippen molar-refractivity contribution in [3.63, 3.8) is 0 Å². The van der Waals surface area contributed by atoms with Crippen molar-refractivity contribution in [2.45, 2.75) is 6.54 Å². The molecule has 90 valence electrons. The van der Waals surface area contributed by atoms with Crippen molar-refractivity contribution in [1.29, 1.82) is 0 Å². The van der Waals surface area contributed by atoms with Crippen LogP contribution in [-0.2, 0) is 13.6 Å². The normalized spacial score (nSPS) is 10.8. The monoisotopic (exact) mass is 298 g/mol. The molecule has 0 saturated heterocycles. The van der Waals surface area contributed by atoms with Crippen molar-refractivity contribution in [2.24, 2.45) is 7.05 Å². The number of hydrogen-bond donors (Lipinski definition) is 1. The number of halogens is 2. The third-order valence-electron chi connectivity index (χ3n) is 2.47. The van der Waals surface area contributed by atoms with E-state index in [-0.39, 0.29) is 5.82 Å². The van der Waals surface area contributed by atoms with E-state index < -0.39 is 0 Å². The average Bonchev–Trinajstić information content (AvgIpc) is 2.63. The minimum Gasteiger partial charge on any atom is -0.316 e. The lowest BCUT2D eigenvalue weighted by Gasteiger charge is -2.06. The average molecular weight is 299 g/mol. The Labute approximate surface area is 107 Å². The van der Waals surface area contributed by atoms with Crippen molar-refractivity contribution in [1.82, 2.24) is 20.3 Å². The molecule has 6 heteroatoms. The molecule has 2 rings (SSSR count). The van der Waals surface area contributed by atoms with E-state index in [1.54, 1.807) is 30.9 Å². The van der Waals surface area contributed by atoms with Crippen molar-refractivity contribution in [2.75, 3.05) is 7.05 Å². The van der Waals surface area contributed by atoms with Gasteiger partial charge in [0.1, 0.15) is 11.5 Å². The molecule has 0 spiro atoms. The van der Waals surface area contributed by atoms with Gasteiger partial charge in [-0.15, -0.1) is 5.10 Å². The lowest BCUT2D eigenvalue weighted by Crippen LogP contribution is -2.07. The smallest absolute Gasteiger partial charge is 0.156 e. The van der Waals surface area contributed by atoms with Crippen LogP contribution >= 0.6 is 15.9 Å². The Hall–Kier alpha value is -1.27. The molecular weight excluding hydrogens is 287 g/mol. The molecule has 0 aliphatic heterocycles. The molecule has 0 aliphatic rings. The van der Waals surface area contributed by atoms with E-state index in [4.69, 9.17) is 0 Å². The van der Waals surface area contributed by atoms with Gasteiger partial charge in [0, 0.05) is 24.7 Å². The molecular formula is C11H12BrFN4. The van der Waals surface area contributed by atoms with Crippen LogP contribution in [0.4, 0.5) is 4.39 Å². The first-order valence-corrected chi connectivity index (χ1v) is 5.91. The molecule has 1 heterocycles. The maximum Gasteiger partial charge on any atom is 0.156 e. The predicted molar refractivity (Wildman–Crippen MR) is 66.9 cm³/mol. The summed E-state index contributed by atoms with van der Waals surface area (Å²) in [5, 5.41) is 10.7. The first kappa shape index (κ1) is 12.2. The Morgan fingerprint density at radius 2 is 2.24 bits per heavy atom.